The van der Waals surface area contributed by atoms with Crippen molar-refractivity contribution in [2.75, 3.05) is 11.6 Å². The minimum Gasteiger partial charge on any atom is -0.473 e. The number of fused-ring (bicyclic) bond motifs is 3. The van der Waals surface area contributed by atoms with E-state index in [1.54, 1.807) is 12.1 Å². The molecule has 0 fully saturated rings. The number of ether oxygens (including phenoxy) is 1. The first-order chi connectivity index (χ1) is 12.9. The summed E-state index contributed by atoms with van der Waals surface area (Å²) in [6.45, 7) is 2.05. The topological polar surface area (TPSA) is 42.7 Å². The van der Waals surface area contributed by atoms with Crippen LogP contribution in [0.4, 0.5) is 18.9 Å². The molecule has 0 unspecified atom stereocenters. The van der Waals surface area contributed by atoms with E-state index in [0.717, 1.165) is 17.0 Å². The molecule has 2 heterocycles. The minimum absolute atomic E-state index is 0.0245. The fraction of sp³-hybridized carbons (Fsp3) is 0.250. The van der Waals surface area contributed by atoms with Crippen molar-refractivity contribution in [2.45, 2.75) is 26.1 Å². The third-order valence-electron chi connectivity index (χ3n) is 4.71. The first-order valence-corrected chi connectivity index (χ1v) is 8.51. The molecule has 0 saturated heterocycles. The van der Waals surface area contributed by atoms with Gasteiger partial charge in [0.2, 0.25) is 0 Å². The van der Waals surface area contributed by atoms with E-state index in [4.69, 9.17) is 9.15 Å². The van der Waals surface area contributed by atoms with E-state index in [9.17, 15) is 18.0 Å². The van der Waals surface area contributed by atoms with Gasteiger partial charge in [-0.15, -0.1) is 0 Å². The van der Waals surface area contributed by atoms with Crippen LogP contribution in [0.1, 0.15) is 23.6 Å². The van der Waals surface area contributed by atoms with Crippen molar-refractivity contribution >= 4 is 16.7 Å². The van der Waals surface area contributed by atoms with Crippen LogP contribution in [0.15, 0.2) is 51.7 Å². The van der Waals surface area contributed by atoms with Crippen LogP contribution in [0, 0.1) is 0 Å². The van der Waals surface area contributed by atoms with Crippen molar-refractivity contribution in [3.63, 3.8) is 0 Å². The molecule has 2 aromatic carbocycles. The molecule has 27 heavy (non-hydrogen) atoms. The summed E-state index contributed by atoms with van der Waals surface area (Å²) < 4.78 is 51.2. The van der Waals surface area contributed by atoms with Crippen LogP contribution < -0.4 is 15.3 Å². The molecule has 0 bridgehead atoms. The van der Waals surface area contributed by atoms with Gasteiger partial charge in [-0.05, 0) is 36.2 Å². The molecule has 1 aliphatic rings. The van der Waals surface area contributed by atoms with Gasteiger partial charge in [0.15, 0.2) is 6.73 Å². The Kier molecular flexibility index (Phi) is 4.09. The van der Waals surface area contributed by atoms with Crippen LogP contribution >= 0.6 is 0 Å². The average molecular weight is 375 g/mol. The molecule has 0 N–H and O–H groups in total. The normalized spacial score (nSPS) is 14.1. The molecule has 3 aromatic rings. The highest BCUT2D eigenvalue weighted by molar-refractivity contribution is 5.85. The van der Waals surface area contributed by atoms with Crippen molar-refractivity contribution in [2.24, 2.45) is 0 Å². The van der Waals surface area contributed by atoms with Gasteiger partial charge in [0.05, 0.1) is 23.4 Å². The number of hydrogen-bond donors (Lipinski definition) is 0. The molecule has 0 aliphatic carbocycles. The smallest absolute Gasteiger partial charge is 0.418 e. The monoisotopic (exact) mass is 375 g/mol. The Balaban J connectivity index is 1.84. The molecule has 1 aromatic heterocycles. The minimum atomic E-state index is -4.47. The van der Waals surface area contributed by atoms with Crippen molar-refractivity contribution in [1.82, 2.24) is 0 Å². The summed E-state index contributed by atoms with van der Waals surface area (Å²) in [6, 6.07) is 10.4. The van der Waals surface area contributed by atoms with Crippen LogP contribution in [0.2, 0.25) is 0 Å². The van der Waals surface area contributed by atoms with Crippen molar-refractivity contribution in [3.8, 4) is 5.75 Å². The largest absolute Gasteiger partial charge is 0.473 e. The summed E-state index contributed by atoms with van der Waals surface area (Å²) in [5, 5.41) is 0.769. The molecule has 0 saturated carbocycles. The van der Waals surface area contributed by atoms with E-state index in [0.29, 0.717) is 23.3 Å². The van der Waals surface area contributed by atoms with E-state index in [-0.39, 0.29) is 19.0 Å². The molecule has 0 atom stereocenters. The van der Waals surface area contributed by atoms with Gasteiger partial charge in [-0.25, -0.2) is 4.79 Å². The molecule has 7 heteroatoms. The highest BCUT2D eigenvalue weighted by Crippen LogP contribution is 2.40. The Bertz CT molecular complexity index is 1070. The van der Waals surface area contributed by atoms with E-state index < -0.39 is 17.4 Å². The van der Waals surface area contributed by atoms with Crippen LogP contribution in [-0.2, 0) is 19.1 Å². The Labute approximate surface area is 152 Å². The third kappa shape index (κ3) is 3.03. The second-order valence-electron chi connectivity index (χ2n) is 6.35. The standard InChI is InChI=1S/C20H16F3NO3/c1-2-12-9-18(25)27-19-13(12)7-8-17-14(19)10-24(11-26-17)16-6-4-3-5-15(16)20(21,22)23/h3-9H,2,10-11H2,1H3. The van der Waals surface area contributed by atoms with E-state index in [2.05, 4.69) is 0 Å². The summed E-state index contributed by atoms with van der Waals surface area (Å²) in [4.78, 5) is 13.4. The summed E-state index contributed by atoms with van der Waals surface area (Å²) in [5.74, 6) is 0.514. The zero-order valence-electron chi connectivity index (χ0n) is 14.5. The lowest BCUT2D eigenvalue weighted by molar-refractivity contribution is -0.137. The number of para-hydroxylation sites is 1. The van der Waals surface area contributed by atoms with Gasteiger partial charge in [0.25, 0.3) is 0 Å². The molecule has 140 valence electrons. The zero-order valence-corrected chi connectivity index (χ0v) is 14.5. The van der Waals surface area contributed by atoms with Crippen LogP contribution in [0.25, 0.3) is 11.0 Å². The summed E-state index contributed by atoms with van der Waals surface area (Å²) >= 11 is 0. The number of alkyl halides is 3. The van der Waals surface area contributed by atoms with Crippen LogP contribution in [0.3, 0.4) is 0 Å². The highest BCUT2D eigenvalue weighted by Gasteiger charge is 2.35. The number of rotatable bonds is 2. The fourth-order valence-corrected chi connectivity index (χ4v) is 3.43. The number of anilines is 1. The van der Waals surface area contributed by atoms with Gasteiger partial charge in [0, 0.05) is 11.5 Å². The molecule has 4 nitrogen and oxygen atoms in total. The molecule has 0 spiro atoms. The number of benzene rings is 2. The first-order valence-electron chi connectivity index (χ1n) is 8.51. The maximum Gasteiger partial charge on any atom is 0.418 e. The average Bonchev–Trinajstić information content (AvgIpc) is 2.66. The van der Waals surface area contributed by atoms with Gasteiger partial charge in [0.1, 0.15) is 11.3 Å². The third-order valence-corrected chi connectivity index (χ3v) is 4.71. The number of nitrogens with zero attached hydrogens (tertiary/aromatic N) is 1. The molecular weight excluding hydrogens is 359 g/mol. The van der Waals surface area contributed by atoms with Crippen LogP contribution in [0.5, 0.6) is 5.75 Å². The van der Waals surface area contributed by atoms with E-state index in [1.807, 2.05) is 13.0 Å². The summed E-state index contributed by atoms with van der Waals surface area (Å²) in [7, 11) is 0. The summed E-state index contributed by atoms with van der Waals surface area (Å²) in [6.07, 6.45) is -3.83. The quantitative estimate of drug-likeness (QED) is 0.608. The maximum absolute atomic E-state index is 13.4. The lowest BCUT2D eigenvalue weighted by Gasteiger charge is -2.32. The lowest BCUT2D eigenvalue weighted by atomic mass is 10.0. The molecular formula is C20H16F3NO3. The van der Waals surface area contributed by atoms with E-state index in [1.165, 1.54) is 23.1 Å². The highest BCUT2D eigenvalue weighted by atomic mass is 19.4. The van der Waals surface area contributed by atoms with Crippen LogP contribution in [-0.4, -0.2) is 6.73 Å². The number of hydrogen-bond acceptors (Lipinski definition) is 4. The van der Waals surface area contributed by atoms with Crippen molar-refractivity contribution in [1.29, 1.82) is 0 Å². The second-order valence-corrected chi connectivity index (χ2v) is 6.35. The fourth-order valence-electron chi connectivity index (χ4n) is 3.43. The molecule has 4 rings (SSSR count). The van der Waals surface area contributed by atoms with Gasteiger partial charge in [-0.1, -0.05) is 19.1 Å². The number of halogens is 3. The van der Waals surface area contributed by atoms with E-state index >= 15 is 0 Å². The predicted octanol–water partition coefficient (Wildman–Crippen LogP) is 4.73. The molecule has 0 radical (unpaired) electrons. The molecule has 0 amide bonds. The van der Waals surface area contributed by atoms with Gasteiger partial charge < -0.3 is 14.1 Å². The number of aryl methyl sites for hydroxylation is 1. The van der Waals surface area contributed by atoms with Gasteiger partial charge in [-0.3, -0.25) is 0 Å². The predicted molar refractivity (Wildman–Crippen MR) is 95.0 cm³/mol. The van der Waals surface area contributed by atoms with Crippen molar-refractivity contribution in [3.05, 3.63) is 69.6 Å². The Morgan fingerprint density at radius 1 is 1.15 bits per heavy atom. The molecule has 1 aliphatic heterocycles. The second kappa shape index (κ2) is 6.33. The summed E-state index contributed by atoms with van der Waals surface area (Å²) in [5.41, 5.74) is 0.584. The Hall–Kier alpha value is -2.96. The van der Waals surface area contributed by atoms with Gasteiger partial charge >= 0.3 is 11.8 Å². The lowest BCUT2D eigenvalue weighted by Crippen LogP contribution is -2.33. The SMILES string of the molecule is CCc1cc(=O)oc2c3c(ccc12)OCN(c1ccccc1C(F)(F)F)C3. The van der Waals surface area contributed by atoms with Gasteiger partial charge in [-0.2, -0.15) is 13.2 Å². The van der Waals surface area contributed by atoms with Crippen molar-refractivity contribution < 1.29 is 22.3 Å². The Morgan fingerprint density at radius 3 is 2.67 bits per heavy atom. The maximum atomic E-state index is 13.4. The zero-order chi connectivity index (χ0) is 19.2. The Morgan fingerprint density at radius 2 is 1.93 bits per heavy atom. The first kappa shape index (κ1) is 17.5.